The van der Waals surface area contributed by atoms with Crippen molar-refractivity contribution in [2.24, 2.45) is 0 Å². The number of benzene rings is 1. The van der Waals surface area contributed by atoms with Crippen LogP contribution >= 0.6 is 0 Å². The van der Waals surface area contributed by atoms with Crippen molar-refractivity contribution >= 4 is 0 Å². The Morgan fingerprint density at radius 1 is 1.36 bits per heavy atom. The van der Waals surface area contributed by atoms with E-state index in [-0.39, 0.29) is 11.3 Å². The van der Waals surface area contributed by atoms with Gasteiger partial charge in [0.1, 0.15) is 11.9 Å². The molecule has 1 rings (SSSR count). The number of rotatable bonds is 3. The normalized spacial score (nSPS) is 13.0. The van der Waals surface area contributed by atoms with Crippen LogP contribution in [0.5, 0.6) is 5.75 Å². The summed E-state index contributed by atoms with van der Waals surface area (Å²) in [7, 11) is 1.39. The van der Waals surface area contributed by atoms with Crippen molar-refractivity contribution in [3.05, 3.63) is 29.3 Å². The maximum atomic E-state index is 12.3. The fourth-order valence-electron chi connectivity index (χ4n) is 1.34. The highest BCUT2D eigenvalue weighted by molar-refractivity contribution is 5.41. The summed E-state index contributed by atoms with van der Waals surface area (Å²) in [6, 6.07) is 4.90. The third kappa shape index (κ3) is 2.01. The molecule has 2 nitrogen and oxygen atoms in total. The van der Waals surface area contributed by atoms with E-state index in [2.05, 4.69) is 0 Å². The van der Waals surface area contributed by atoms with Crippen molar-refractivity contribution < 1.29 is 18.6 Å². The fraction of sp³-hybridized carbons (Fsp3) is 0.400. The molecule has 0 aliphatic carbocycles. The molecule has 1 atom stereocenters. The highest BCUT2D eigenvalue weighted by atomic mass is 19.3. The number of aliphatic hydroxyl groups excluding tert-OH is 1. The molecule has 0 saturated heterocycles. The number of aryl methyl sites for hydroxylation is 1. The van der Waals surface area contributed by atoms with E-state index in [1.807, 2.05) is 0 Å². The smallest absolute Gasteiger partial charge is 0.268 e. The van der Waals surface area contributed by atoms with Gasteiger partial charge in [0.15, 0.2) is 0 Å². The summed E-state index contributed by atoms with van der Waals surface area (Å²) in [4.78, 5) is 0. The van der Waals surface area contributed by atoms with Gasteiger partial charge in [-0.05, 0) is 18.6 Å². The van der Waals surface area contributed by atoms with Crippen molar-refractivity contribution in [3.63, 3.8) is 0 Å². The molecule has 0 aliphatic rings. The quantitative estimate of drug-likeness (QED) is 0.814. The zero-order chi connectivity index (χ0) is 10.7. The van der Waals surface area contributed by atoms with Gasteiger partial charge in [-0.25, -0.2) is 8.78 Å². The lowest BCUT2D eigenvalue weighted by Crippen LogP contribution is -2.11. The number of methoxy groups -OCH3 is 1. The molecule has 0 amide bonds. The summed E-state index contributed by atoms with van der Waals surface area (Å²) in [5.74, 6) is 0.290. The summed E-state index contributed by atoms with van der Waals surface area (Å²) in [6.45, 7) is 1.66. The predicted octanol–water partition coefficient (Wildman–Crippen LogP) is 2.30. The zero-order valence-corrected chi connectivity index (χ0v) is 8.00. The Morgan fingerprint density at radius 2 is 2.00 bits per heavy atom. The second-order valence-corrected chi connectivity index (χ2v) is 2.97. The molecular weight excluding hydrogens is 190 g/mol. The zero-order valence-electron chi connectivity index (χ0n) is 8.00. The van der Waals surface area contributed by atoms with E-state index in [0.717, 1.165) is 0 Å². The first-order valence-electron chi connectivity index (χ1n) is 4.17. The molecule has 0 aromatic heterocycles. The molecular formula is C10H12F2O2. The van der Waals surface area contributed by atoms with Crippen LogP contribution in [0.1, 0.15) is 17.2 Å². The molecule has 0 bridgehead atoms. The summed E-state index contributed by atoms with van der Waals surface area (Å²) in [5.41, 5.74) is 0.752. The van der Waals surface area contributed by atoms with Gasteiger partial charge in [-0.1, -0.05) is 12.1 Å². The van der Waals surface area contributed by atoms with Crippen LogP contribution in [-0.4, -0.2) is 18.6 Å². The minimum Gasteiger partial charge on any atom is -0.496 e. The van der Waals surface area contributed by atoms with Crippen LogP contribution in [0.15, 0.2) is 18.2 Å². The van der Waals surface area contributed by atoms with Gasteiger partial charge in [-0.15, -0.1) is 0 Å². The van der Waals surface area contributed by atoms with Gasteiger partial charge in [-0.3, -0.25) is 0 Å². The Balaban J connectivity index is 3.16. The highest BCUT2D eigenvalue weighted by Gasteiger charge is 2.24. The van der Waals surface area contributed by atoms with E-state index in [1.54, 1.807) is 25.1 Å². The first-order valence-corrected chi connectivity index (χ1v) is 4.17. The lowest BCUT2D eigenvalue weighted by molar-refractivity contribution is -0.00734. The van der Waals surface area contributed by atoms with Gasteiger partial charge < -0.3 is 9.84 Å². The number of hydrogen-bond acceptors (Lipinski definition) is 2. The highest BCUT2D eigenvalue weighted by Crippen LogP contribution is 2.31. The van der Waals surface area contributed by atoms with Gasteiger partial charge >= 0.3 is 0 Å². The van der Waals surface area contributed by atoms with Crippen LogP contribution in [0.25, 0.3) is 0 Å². The minimum atomic E-state index is -2.80. The Bertz CT molecular complexity index is 313. The van der Waals surface area contributed by atoms with Crippen LogP contribution in [0, 0.1) is 6.92 Å². The molecule has 0 spiro atoms. The molecule has 1 aromatic carbocycles. The monoisotopic (exact) mass is 202 g/mol. The lowest BCUT2D eigenvalue weighted by Gasteiger charge is -2.16. The van der Waals surface area contributed by atoms with E-state index in [1.165, 1.54) is 7.11 Å². The molecule has 0 heterocycles. The number of hydrogen-bond donors (Lipinski definition) is 1. The molecule has 0 aliphatic heterocycles. The Kier molecular flexibility index (Phi) is 3.41. The molecule has 78 valence electrons. The molecule has 0 fully saturated rings. The van der Waals surface area contributed by atoms with E-state index < -0.39 is 12.5 Å². The van der Waals surface area contributed by atoms with E-state index >= 15 is 0 Å². The van der Waals surface area contributed by atoms with Crippen LogP contribution in [0.3, 0.4) is 0 Å². The van der Waals surface area contributed by atoms with Crippen LogP contribution in [-0.2, 0) is 0 Å². The minimum absolute atomic E-state index is 0.157. The van der Waals surface area contributed by atoms with Crippen molar-refractivity contribution in [2.45, 2.75) is 19.5 Å². The SMILES string of the molecule is COc1cccc(C)c1C(O)C(F)F. The summed E-state index contributed by atoms with van der Waals surface area (Å²) in [6.07, 6.45) is -4.59. The molecule has 0 saturated carbocycles. The van der Waals surface area contributed by atoms with Crippen LogP contribution in [0.2, 0.25) is 0 Å². The molecule has 1 unspecified atom stereocenters. The lowest BCUT2D eigenvalue weighted by atomic mass is 10.0. The third-order valence-electron chi connectivity index (χ3n) is 2.04. The third-order valence-corrected chi connectivity index (χ3v) is 2.04. The second kappa shape index (κ2) is 4.37. The standard InChI is InChI=1S/C10H12F2O2/c1-6-4-3-5-7(14-2)8(6)9(13)10(11)12/h3-5,9-10,13H,1-2H3. The van der Waals surface area contributed by atoms with E-state index in [0.29, 0.717) is 5.56 Å². The molecule has 4 heteroatoms. The maximum Gasteiger partial charge on any atom is 0.268 e. The number of aliphatic hydroxyl groups is 1. The van der Waals surface area contributed by atoms with Gasteiger partial charge in [-0.2, -0.15) is 0 Å². The van der Waals surface area contributed by atoms with Crippen LogP contribution in [0.4, 0.5) is 8.78 Å². The first-order chi connectivity index (χ1) is 6.57. The van der Waals surface area contributed by atoms with E-state index in [4.69, 9.17) is 4.74 Å². The summed E-state index contributed by atoms with van der Waals surface area (Å²) in [5, 5.41) is 9.26. The van der Waals surface area contributed by atoms with Crippen LogP contribution < -0.4 is 4.74 Å². The topological polar surface area (TPSA) is 29.5 Å². The average Bonchev–Trinajstić information content (AvgIpc) is 2.16. The Hall–Kier alpha value is -1.16. The molecule has 1 aromatic rings. The molecule has 0 radical (unpaired) electrons. The number of alkyl halides is 2. The first kappa shape index (κ1) is 10.9. The van der Waals surface area contributed by atoms with Gasteiger partial charge in [0.25, 0.3) is 6.43 Å². The molecule has 1 N–H and O–H groups in total. The summed E-state index contributed by atoms with van der Waals surface area (Å²) >= 11 is 0. The maximum absolute atomic E-state index is 12.3. The Labute approximate surface area is 81.1 Å². The average molecular weight is 202 g/mol. The van der Waals surface area contributed by atoms with Gasteiger partial charge in [0.2, 0.25) is 0 Å². The molecule has 14 heavy (non-hydrogen) atoms. The predicted molar refractivity (Wildman–Crippen MR) is 48.7 cm³/mol. The fourth-order valence-corrected chi connectivity index (χ4v) is 1.34. The van der Waals surface area contributed by atoms with Crippen molar-refractivity contribution in [2.75, 3.05) is 7.11 Å². The largest absolute Gasteiger partial charge is 0.496 e. The van der Waals surface area contributed by atoms with Gasteiger partial charge in [0, 0.05) is 5.56 Å². The second-order valence-electron chi connectivity index (χ2n) is 2.97. The van der Waals surface area contributed by atoms with Crippen molar-refractivity contribution in [3.8, 4) is 5.75 Å². The van der Waals surface area contributed by atoms with Crippen molar-refractivity contribution in [1.29, 1.82) is 0 Å². The number of ether oxygens (including phenoxy) is 1. The summed E-state index contributed by atoms with van der Waals surface area (Å²) < 4.78 is 29.5. The number of halogens is 2. The van der Waals surface area contributed by atoms with Crippen molar-refractivity contribution in [1.82, 2.24) is 0 Å². The Morgan fingerprint density at radius 3 is 2.50 bits per heavy atom. The van der Waals surface area contributed by atoms with Gasteiger partial charge in [0.05, 0.1) is 7.11 Å². The van der Waals surface area contributed by atoms with E-state index in [9.17, 15) is 13.9 Å².